The number of hydrogen-bond acceptors (Lipinski definition) is 9. The number of phenolic OH excluding ortho intramolecular Hbond substituents is 1. The second-order valence-corrected chi connectivity index (χ2v) is 14.3. The van der Waals surface area contributed by atoms with Gasteiger partial charge in [-0.05, 0) is 76.3 Å². The van der Waals surface area contributed by atoms with Crippen molar-refractivity contribution >= 4 is 33.5 Å². The molecule has 3 aromatic carbocycles. The monoisotopic (exact) mass is 777 g/mol. The van der Waals surface area contributed by atoms with Gasteiger partial charge >= 0.3 is 18.2 Å². The molecule has 0 amide bonds. The number of likely N-dealkylation sites (N-methyl/N-ethyl adjacent to an activating group) is 1. The number of methoxy groups -OCH3 is 1. The summed E-state index contributed by atoms with van der Waals surface area (Å²) in [5, 5.41) is 21.3. The van der Waals surface area contributed by atoms with Crippen LogP contribution in [0, 0.1) is 29.8 Å². The summed E-state index contributed by atoms with van der Waals surface area (Å²) in [4.78, 5) is 22.2. The first-order valence-electron chi connectivity index (χ1n) is 17.4. The molecule has 294 valence electrons. The molecule has 17 heteroatoms. The number of halogens is 7. The predicted molar refractivity (Wildman–Crippen MR) is 190 cm³/mol. The second-order valence-electron chi connectivity index (χ2n) is 14.3. The van der Waals surface area contributed by atoms with Gasteiger partial charge in [0.1, 0.15) is 35.7 Å². The maximum atomic E-state index is 17.0. The Bertz CT molecular complexity index is 2190. The number of carboxylic acid groups (broad SMARTS) is 1. The Kier molecular flexibility index (Phi) is 10.7. The summed E-state index contributed by atoms with van der Waals surface area (Å²) in [6.45, 7) is 1.60. The minimum Gasteiger partial charge on any atom is -0.508 e. The third-order valence-electron chi connectivity index (χ3n) is 10.9. The molecule has 3 fully saturated rings. The Morgan fingerprint density at radius 3 is 2.42 bits per heavy atom. The third-order valence-corrected chi connectivity index (χ3v) is 10.9. The largest absolute Gasteiger partial charge is 0.508 e. The molecule has 1 saturated carbocycles. The van der Waals surface area contributed by atoms with E-state index < -0.39 is 46.9 Å². The molecule has 3 aliphatic rings. The van der Waals surface area contributed by atoms with Crippen LogP contribution in [-0.4, -0.2) is 107 Å². The third kappa shape index (κ3) is 7.25. The van der Waals surface area contributed by atoms with E-state index in [-0.39, 0.29) is 68.3 Å². The fourth-order valence-electron chi connectivity index (χ4n) is 7.90. The van der Waals surface area contributed by atoms with Crippen LogP contribution < -0.4 is 14.8 Å². The molecule has 3 heterocycles. The Hall–Kier alpha value is -5.08. The fraction of sp³-hybridized carbons (Fsp3) is 0.447. The minimum absolute atomic E-state index is 0.0405. The number of aromatic nitrogens is 2. The Morgan fingerprint density at radius 1 is 1.11 bits per heavy atom. The lowest BCUT2D eigenvalue weighted by atomic mass is 9.75. The lowest BCUT2D eigenvalue weighted by molar-refractivity contribution is -0.192. The van der Waals surface area contributed by atoms with Crippen LogP contribution in [0.2, 0.25) is 0 Å². The van der Waals surface area contributed by atoms with Crippen molar-refractivity contribution in [3.05, 3.63) is 47.3 Å². The highest BCUT2D eigenvalue weighted by atomic mass is 19.4. The molecule has 4 aromatic rings. The molecule has 2 atom stereocenters. The van der Waals surface area contributed by atoms with Crippen LogP contribution in [-0.2, 0) is 4.79 Å². The highest BCUT2D eigenvalue weighted by molar-refractivity contribution is 6.06. The van der Waals surface area contributed by atoms with Crippen molar-refractivity contribution in [3.63, 3.8) is 0 Å². The average molecular weight is 778 g/mol. The summed E-state index contributed by atoms with van der Waals surface area (Å²) in [7, 11) is 5.22. The molecule has 1 aromatic heterocycles. The Morgan fingerprint density at radius 2 is 1.82 bits per heavy atom. The van der Waals surface area contributed by atoms with Crippen molar-refractivity contribution in [1.82, 2.24) is 19.8 Å². The summed E-state index contributed by atoms with van der Waals surface area (Å²) in [5.41, 5.74) is -2.03. The van der Waals surface area contributed by atoms with E-state index >= 15 is 8.78 Å². The van der Waals surface area contributed by atoms with E-state index in [1.54, 1.807) is 0 Å². The van der Waals surface area contributed by atoms with Gasteiger partial charge in [-0.25, -0.2) is 22.4 Å². The topological polar surface area (TPSA) is 120 Å². The van der Waals surface area contributed by atoms with Crippen molar-refractivity contribution in [2.24, 2.45) is 0 Å². The Labute approximate surface area is 311 Å². The number of benzene rings is 3. The second kappa shape index (κ2) is 14.9. The maximum Gasteiger partial charge on any atom is 0.490 e. The number of carbonyl (C=O) groups is 1. The fourth-order valence-corrected chi connectivity index (χ4v) is 7.90. The van der Waals surface area contributed by atoms with Gasteiger partial charge in [-0.2, -0.15) is 23.1 Å². The Balaban J connectivity index is 0.000000672. The normalized spacial score (nSPS) is 20.4. The number of carboxylic acids is 1. The highest BCUT2D eigenvalue weighted by Gasteiger charge is 2.49. The van der Waals surface area contributed by atoms with Crippen LogP contribution in [0.1, 0.15) is 44.1 Å². The number of terminal acetylenes is 1. The zero-order valence-corrected chi connectivity index (χ0v) is 30.1. The lowest BCUT2D eigenvalue weighted by Crippen LogP contribution is -2.54. The van der Waals surface area contributed by atoms with Gasteiger partial charge in [-0.3, -0.25) is 4.90 Å². The van der Waals surface area contributed by atoms with Crippen molar-refractivity contribution in [3.8, 4) is 41.0 Å². The van der Waals surface area contributed by atoms with Crippen LogP contribution >= 0.6 is 0 Å². The van der Waals surface area contributed by atoms with Gasteiger partial charge in [0, 0.05) is 36.0 Å². The molecule has 2 aliphatic heterocycles. The number of aromatic hydroxyl groups is 1. The number of fused-ring (bicyclic) bond motifs is 3. The lowest BCUT2D eigenvalue weighted by Gasteiger charge is -2.47. The summed E-state index contributed by atoms with van der Waals surface area (Å²) in [5.74, 6) is -3.99. The van der Waals surface area contributed by atoms with Crippen LogP contribution in [0.25, 0.3) is 32.8 Å². The van der Waals surface area contributed by atoms with Gasteiger partial charge in [-0.15, -0.1) is 6.42 Å². The number of aliphatic carboxylic acids is 1. The van der Waals surface area contributed by atoms with E-state index in [4.69, 9.17) is 25.8 Å². The number of rotatable bonds is 9. The first-order valence-corrected chi connectivity index (χ1v) is 17.4. The molecule has 3 N–H and O–H groups in total. The van der Waals surface area contributed by atoms with E-state index in [2.05, 4.69) is 31.0 Å². The molecular formula is C38H38F7N5O5. The zero-order chi connectivity index (χ0) is 40.0. The minimum atomic E-state index is -5.08. The van der Waals surface area contributed by atoms with Crippen molar-refractivity contribution in [2.75, 3.05) is 52.8 Å². The number of nitrogens with one attached hydrogen (secondary N) is 1. The molecular weight excluding hydrogens is 739 g/mol. The van der Waals surface area contributed by atoms with Crippen molar-refractivity contribution in [1.29, 1.82) is 0 Å². The number of hydrogen-bond donors (Lipinski definition) is 3. The van der Waals surface area contributed by atoms with E-state index in [1.165, 1.54) is 19.2 Å². The van der Waals surface area contributed by atoms with Gasteiger partial charge in [0.2, 0.25) is 0 Å². The predicted octanol–water partition coefficient (Wildman–Crippen LogP) is 7.05. The summed E-state index contributed by atoms with van der Waals surface area (Å²) in [6, 6.07) is 4.80. The van der Waals surface area contributed by atoms with Gasteiger partial charge in [-0.1, -0.05) is 12.0 Å². The summed E-state index contributed by atoms with van der Waals surface area (Å²) < 4.78 is 107. The molecule has 55 heavy (non-hydrogen) atoms. The van der Waals surface area contributed by atoms with E-state index in [1.807, 2.05) is 14.1 Å². The van der Waals surface area contributed by atoms with Crippen LogP contribution in [0.3, 0.4) is 0 Å². The van der Waals surface area contributed by atoms with Gasteiger partial charge in [0.05, 0.1) is 29.2 Å². The number of ether oxygens (including phenoxy) is 2. The highest BCUT2D eigenvalue weighted by Crippen LogP contribution is 2.47. The number of alkyl halides is 4. The quantitative estimate of drug-likeness (QED) is 0.121. The van der Waals surface area contributed by atoms with Crippen molar-refractivity contribution in [2.45, 2.75) is 62.0 Å². The molecule has 0 radical (unpaired) electrons. The molecule has 1 aliphatic carbocycles. The first-order chi connectivity index (χ1) is 25.9. The molecule has 7 rings (SSSR count). The van der Waals surface area contributed by atoms with E-state index in [0.717, 1.165) is 50.8 Å². The molecule has 10 nitrogen and oxygen atoms in total. The number of anilines is 1. The van der Waals surface area contributed by atoms with Crippen LogP contribution in [0.15, 0.2) is 24.3 Å². The standard InChI is InChI=1S/C36H37F4N5O3.C2HF3O2/c1-5-23-25(38)9-8-20-14-22(46)15-24(26(20)23)27-29(39)31-28(32(47-4)30(27)40)33(41-18-35(44(2)3)10-6-11-35)43-34(42-31)48-19-36-12-7-13-45(36)17-21(37)16-36;3-2(4,5)1(6)7/h1,8-9,14-15,21,46H,6-7,10-13,16-19H2,2-4H3,(H,41,42,43);(H,6,7)/t21-,36+;/m1./s1. The first kappa shape index (κ1) is 39.6. The summed E-state index contributed by atoms with van der Waals surface area (Å²) >= 11 is 0. The van der Waals surface area contributed by atoms with Gasteiger partial charge < -0.3 is 29.9 Å². The number of phenols is 1. The maximum absolute atomic E-state index is 17.0. The van der Waals surface area contributed by atoms with Crippen molar-refractivity contribution < 1.29 is 55.2 Å². The van der Waals surface area contributed by atoms with E-state index in [0.29, 0.717) is 19.5 Å². The summed E-state index contributed by atoms with van der Waals surface area (Å²) in [6.07, 6.45) is 4.45. The van der Waals surface area contributed by atoms with E-state index in [9.17, 15) is 27.1 Å². The zero-order valence-electron chi connectivity index (χ0n) is 30.1. The SMILES string of the molecule is C#Cc1c(F)ccc2cc(O)cc(-c3c(F)c(OC)c4c(NCC5(N(C)C)CCC5)nc(OC[C@@]56CCCN5C[C@H](F)C6)nc4c3F)c12.O=C(O)C(F)(F)F. The number of nitrogens with zero attached hydrogens (tertiary/aromatic N) is 4. The molecule has 0 unspecified atom stereocenters. The average Bonchev–Trinajstić information content (AvgIpc) is 3.62. The van der Waals surface area contributed by atoms with Crippen LogP contribution in [0.5, 0.6) is 17.5 Å². The van der Waals surface area contributed by atoms with Crippen LogP contribution in [0.4, 0.5) is 36.6 Å². The molecule has 2 saturated heterocycles. The van der Waals surface area contributed by atoms with Gasteiger partial charge in [0.25, 0.3) is 0 Å². The smallest absolute Gasteiger partial charge is 0.490 e. The molecule has 0 bridgehead atoms. The van der Waals surface area contributed by atoms with Gasteiger partial charge in [0.15, 0.2) is 17.4 Å². The molecule has 0 spiro atoms.